The van der Waals surface area contributed by atoms with E-state index >= 15 is 0 Å². The summed E-state index contributed by atoms with van der Waals surface area (Å²) in [7, 11) is 0. The molecule has 1 unspecified atom stereocenters. The van der Waals surface area contributed by atoms with Gasteiger partial charge in [0.25, 0.3) is 5.91 Å². The standard InChI is InChI=1S/C15H15ClN4O3/c16-10-2-1-3-11(6-10)20-7-12(18-9-20)13(21)19-15(14(17)22)4-5-23-8-15/h1-3,6-7,9H,4-5,8H2,(H2,17,22)(H,19,21). The van der Waals surface area contributed by atoms with Crippen LogP contribution in [0.15, 0.2) is 36.8 Å². The summed E-state index contributed by atoms with van der Waals surface area (Å²) in [5, 5.41) is 3.23. The number of carbonyl (C=O) groups excluding carboxylic acids is 2. The Morgan fingerprint density at radius 3 is 2.91 bits per heavy atom. The van der Waals surface area contributed by atoms with Gasteiger partial charge >= 0.3 is 0 Å². The number of halogens is 1. The number of imidazole rings is 1. The van der Waals surface area contributed by atoms with Crippen LogP contribution in [0, 0.1) is 0 Å². The summed E-state index contributed by atoms with van der Waals surface area (Å²) >= 11 is 5.95. The molecule has 0 spiro atoms. The first-order valence-electron chi connectivity index (χ1n) is 7.00. The van der Waals surface area contributed by atoms with Crippen LogP contribution >= 0.6 is 11.6 Å². The summed E-state index contributed by atoms with van der Waals surface area (Å²) < 4.78 is 6.86. The number of carbonyl (C=O) groups is 2. The summed E-state index contributed by atoms with van der Waals surface area (Å²) in [6.07, 6.45) is 3.41. The zero-order valence-electron chi connectivity index (χ0n) is 12.2. The molecule has 1 aromatic carbocycles. The van der Waals surface area contributed by atoms with Gasteiger partial charge in [0.2, 0.25) is 5.91 Å². The van der Waals surface area contributed by atoms with Crippen LogP contribution in [0.4, 0.5) is 0 Å². The van der Waals surface area contributed by atoms with E-state index in [1.807, 2.05) is 6.07 Å². The third kappa shape index (κ3) is 3.06. The molecular formula is C15H15ClN4O3. The van der Waals surface area contributed by atoms with Crippen molar-refractivity contribution in [3.8, 4) is 5.69 Å². The van der Waals surface area contributed by atoms with Crippen molar-refractivity contribution in [2.75, 3.05) is 13.2 Å². The van der Waals surface area contributed by atoms with Crippen molar-refractivity contribution in [1.29, 1.82) is 0 Å². The lowest BCUT2D eigenvalue weighted by molar-refractivity contribution is -0.124. The van der Waals surface area contributed by atoms with E-state index in [0.29, 0.717) is 18.1 Å². The maximum Gasteiger partial charge on any atom is 0.272 e. The number of amides is 2. The minimum Gasteiger partial charge on any atom is -0.378 e. The zero-order chi connectivity index (χ0) is 16.4. The number of hydrogen-bond acceptors (Lipinski definition) is 4. The minimum atomic E-state index is -1.17. The quantitative estimate of drug-likeness (QED) is 0.867. The van der Waals surface area contributed by atoms with Crippen molar-refractivity contribution in [2.45, 2.75) is 12.0 Å². The van der Waals surface area contributed by atoms with Crippen molar-refractivity contribution >= 4 is 23.4 Å². The number of nitrogens with two attached hydrogens (primary N) is 1. The molecule has 1 fully saturated rings. The SMILES string of the molecule is NC(=O)C1(NC(=O)c2cn(-c3cccc(Cl)c3)cn2)CCOC1. The van der Waals surface area contributed by atoms with E-state index in [4.69, 9.17) is 22.1 Å². The Labute approximate surface area is 137 Å². The Morgan fingerprint density at radius 1 is 1.43 bits per heavy atom. The predicted molar refractivity (Wildman–Crippen MR) is 83.4 cm³/mol. The molecule has 2 aromatic rings. The normalized spacial score (nSPS) is 20.4. The molecule has 1 aliphatic heterocycles. The second kappa shape index (κ2) is 6.02. The second-order valence-electron chi connectivity index (χ2n) is 5.35. The van der Waals surface area contributed by atoms with Gasteiger partial charge in [-0.05, 0) is 18.2 Å². The van der Waals surface area contributed by atoms with Gasteiger partial charge < -0.3 is 20.4 Å². The fourth-order valence-corrected chi connectivity index (χ4v) is 2.60. The lowest BCUT2D eigenvalue weighted by Crippen LogP contribution is -2.58. The summed E-state index contributed by atoms with van der Waals surface area (Å²) in [5.41, 5.74) is 5.18. The molecule has 2 amide bonds. The van der Waals surface area contributed by atoms with E-state index in [9.17, 15) is 9.59 Å². The third-order valence-electron chi connectivity index (χ3n) is 3.77. The number of benzene rings is 1. The van der Waals surface area contributed by atoms with Crippen LogP contribution in [-0.2, 0) is 9.53 Å². The third-order valence-corrected chi connectivity index (χ3v) is 4.00. The largest absolute Gasteiger partial charge is 0.378 e. The molecule has 2 heterocycles. The van der Waals surface area contributed by atoms with Crippen LogP contribution in [0.5, 0.6) is 0 Å². The molecule has 1 aliphatic rings. The summed E-state index contributed by atoms with van der Waals surface area (Å²) in [4.78, 5) is 28.1. The van der Waals surface area contributed by atoms with E-state index in [-0.39, 0.29) is 12.3 Å². The van der Waals surface area contributed by atoms with Crippen LogP contribution in [0.2, 0.25) is 5.02 Å². The molecule has 3 N–H and O–H groups in total. The Balaban J connectivity index is 1.80. The van der Waals surface area contributed by atoms with Gasteiger partial charge in [-0.15, -0.1) is 0 Å². The number of rotatable bonds is 4. The number of nitrogens with one attached hydrogen (secondary N) is 1. The fraction of sp³-hybridized carbons (Fsp3) is 0.267. The zero-order valence-corrected chi connectivity index (χ0v) is 12.9. The Bertz CT molecular complexity index is 753. The first-order chi connectivity index (χ1) is 11.0. The highest BCUT2D eigenvalue weighted by atomic mass is 35.5. The summed E-state index contributed by atoms with van der Waals surface area (Å²) in [6, 6.07) is 7.15. The lowest BCUT2D eigenvalue weighted by Gasteiger charge is -2.24. The first kappa shape index (κ1) is 15.5. The van der Waals surface area contributed by atoms with Gasteiger partial charge in [0.15, 0.2) is 0 Å². The number of hydrogen-bond donors (Lipinski definition) is 2. The van der Waals surface area contributed by atoms with Crippen LogP contribution in [0.3, 0.4) is 0 Å². The molecule has 3 rings (SSSR count). The number of aromatic nitrogens is 2. The Kier molecular flexibility index (Phi) is 4.06. The highest BCUT2D eigenvalue weighted by molar-refractivity contribution is 6.30. The van der Waals surface area contributed by atoms with Crippen molar-refractivity contribution in [3.63, 3.8) is 0 Å². The van der Waals surface area contributed by atoms with Crippen LogP contribution in [0.1, 0.15) is 16.9 Å². The number of nitrogens with zero attached hydrogens (tertiary/aromatic N) is 2. The van der Waals surface area contributed by atoms with Gasteiger partial charge in [-0.3, -0.25) is 9.59 Å². The first-order valence-corrected chi connectivity index (χ1v) is 7.38. The molecule has 1 aromatic heterocycles. The van der Waals surface area contributed by atoms with Crippen LogP contribution in [0.25, 0.3) is 5.69 Å². The molecule has 0 bridgehead atoms. The minimum absolute atomic E-state index is 0.0725. The van der Waals surface area contributed by atoms with Gasteiger partial charge in [-0.2, -0.15) is 0 Å². The summed E-state index contributed by atoms with van der Waals surface area (Å²) in [6.45, 7) is 0.448. The van der Waals surface area contributed by atoms with Crippen molar-refractivity contribution in [3.05, 3.63) is 47.5 Å². The number of ether oxygens (including phenoxy) is 1. The molecule has 0 radical (unpaired) electrons. The molecular weight excluding hydrogens is 320 g/mol. The Hall–Kier alpha value is -2.38. The van der Waals surface area contributed by atoms with Crippen molar-refractivity contribution < 1.29 is 14.3 Å². The van der Waals surface area contributed by atoms with Gasteiger partial charge in [0.1, 0.15) is 17.6 Å². The molecule has 120 valence electrons. The molecule has 0 saturated carbocycles. The topological polar surface area (TPSA) is 99.2 Å². The van der Waals surface area contributed by atoms with Crippen LogP contribution < -0.4 is 11.1 Å². The predicted octanol–water partition coefficient (Wildman–Crippen LogP) is 0.900. The van der Waals surface area contributed by atoms with Gasteiger partial charge in [0, 0.05) is 29.9 Å². The average molecular weight is 335 g/mol. The molecule has 7 nitrogen and oxygen atoms in total. The highest BCUT2D eigenvalue weighted by Crippen LogP contribution is 2.19. The summed E-state index contributed by atoms with van der Waals surface area (Å²) in [5.74, 6) is -1.09. The highest BCUT2D eigenvalue weighted by Gasteiger charge is 2.42. The maximum atomic E-state index is 12.3. The average Bonchev–Trinajstić information content (AvgIpc) is 3.17. The Morgan fingerprint density at radius 2 is 2.26 bits per heavy atom. The smallest absolute Gasteiger partial charge is 0.272 e. The molecule has 8 heteroatoms. The second-order valence-corrected chi connectivity index (χ2v) is 5.79. The van der Waals surface area contributed by atoms with Gasteiger partial charge in [0.05, 0.1) is 6.61 Å². The molecule has 0 aliphatic carbocycles. The van der Waals surface area contributed by atoms with Crippen molar-refractivity contribution in [1.82, 2.24) is 14.9 Å². The molecule has 23 heavy (non-hydrogen) atoms. The molecule has 1 atom stereocenters. The lowest BCUT2D eigenvalue weighted by atomic mass is 9.98. The van der Waals surface area contributed by atoms with Crippen molar-refractivity contribution in [2.24, 2.45) is 5.73 Å². The van der Waals surface area contributed by atoms with Gasteiger partial charge in [-0.25, -0.2) is 4.98 Å². The van der Waals surface area contributed by atoms with Gasteiger partial charge in [-0.1, -0.05) is 17.7 Å². The van der Waals surface area contributed by atoms with E-state index < -0.39 is 17.4 Å². The van der Waals surface area contributed by atoms with E-state index in [1.54, 1.807) is 29.0 Å². The monoisotopic (exact) mass is 334 g/mol. The van der Waals surface area contributed by atoms with E-state index in [2.05, 4.69) is 10.3 Å². The van der Waals surface area contributed by atoms with Crippen LogP contribution in [-0.4, -0.2) is 40.1 Å². The van der Waals surface area contributed by atoms with E-state index in [1.165, 1.54) is 6.33 Å². The fourth-order valence-electron chi connectivity index (χ4n) is 2.42. The van der Waals surface area contributed by atoms with E-state index in [0.717, 1.165) is 5.69 Å². The number of primary amides is 1. The maximum absolute atomic E-state index is 12.3. The molecule has 1 saturated heterocycles.